The number of hydrogen-bond acceptors (Lipinski definition) is 5. The summed E-state index contributed by atoms with van der Waals surface area (Å²) in [6.45, 7) is 3.12. The molecule has 0 radical (unpaired) electrons. The van der Waals surface area contributed by atoms with E-state index in [9.17, 15) is 22.4 Å². The van der Waals surface area contributed by atoms with Gasteiger partial charge in [-0.25, -0.2) is 9.18 Å². The van der Waals surface area contributed by atoms with E-state index in [2.05, 4.69) is 22.2 Å². The molecule has 1 saturated heterocycles. The maximum absolute atomic E-state index is 13.1. The molecule has 0 unspecified atom stereocenters. The van der Waals surface area contributed by atoms with E-state index in [-0.39, 0.29) is 11.7 Å². The molecule has 35 heavy (non-hydrogen) atoms. The molecule has 1 fully saturated rings. The van der Waals surface area contributed by atoms with Gasteiger partial charge in [-0.3, -0.25) is 4.79 Å². The van der Waals surface area contributed by atoms with Gasteiger partial charge in [0, 0.05) is 49.4 Å². The lowest BCUT2D eigenvalue weighted by Gasteiger charge is -2.36. The molecule has 186 valence electrons. The highest BCUT2D eigenvalue weighted by Gasteiger charge is 2.38. The summed E-state index contributed by atoms with van der Waals surface area (Å²) in [5.41, 5.74) is 2.82. The van der Waals surface area contributed by atoms with Crippen molar-refractivity contribution in [3.8, 4) is 11.3 Å². The summed E-state index contributed by atoms with van der Waals surface area (Å²) in [6.07, 6.45) is -2.49. The number of carbonyl (C=O) groups is 2. The Morgan fingerprint density at radius 2 is 1.57 bits per heavy atom. The number of aromatic nitrogens is 1. The Bertz CT molecular complexity index is 1110. The van der Waals surface area contributed by atoms with Crippen LogP contribution in [0.25, 0.3) is 11.3 Å². The molecule has 0 spiro atoms. The van der Waals surface area contributed by atoms with Crippen LogP contribution in [0.4, 0.5) is 23.2 Å². The van der Waals surface area contributed by atoms with E-state index in [1.807, 2.05) is 23.1 Å². The smallest absolute Gasteiger partial charge is 0.475 e. The highest BCUT2D eigenvalue weighted by molar-refractivity contribution is 5.77. The first-order chi connectivity index (χ1) is 16.6. The maximum Gasteiger partial charge on any atom is 0.490 e. The molecular formula is C24H23F4N3O4. The second kappa shape index (κ2) is 11.5. The van der Waals surface area contributed by atoms with Gasteiger partial charge in [-0.05, 0) is 42.8 Å². The van der Waals surface area contributed by atoms with Crippen molar-refractivity contribution in [3.05, 3.63) is 72.2 Å². The zero-order valence-electron chi connectivity index (χ0n) is 18.5. The standard InChI is InChI=1S/C22H22FN3O2.C2HF3O2/c23-19-9-6-17(7-10-19)22-18(16-24-28-22)8-11-21(27)26-14-12-25(13-15-26)20-4-2-1-3-5-20;3-2(4,5)1(6)7/h1-7,9-10,16H,8,11-15H2;(H,6,7). The number of amides is 1. The zero-order valence-corrected chi connectivity index (χ0v) is 18.5. The summed E-state index contributed by atoms with van der Waals surface area (Å²) >= 11 is 0. The number of hydrogen-bond donors (Lipinski definition) is 1. The van der Waals surface area contributed by atoms with Crippen LogP contribution in [0, 0.1) is 5.82 Å². The first kappa shape index (κ1) is 25.7. The molecule has 1 N–H and O–H groups in total. The van der Waals surface area contributed by atoms with E-state index in [0.29, 0.717) is 18.6 Å². The Morgan fingerprint density at radius 1 is 0.971 bits per heavy atom. The van der Waals surface area contributed by atoms with Crippen molar-refractivity contribution < 1.29 is 36.8 Å². The first-order valence-corrected chi connectivity index (χ1v) is 10.7. The highest BCUT2D eigenvalue weighted by atomic mass is 19.4. The molecule has 0 saturated carbocycles. The summed E-state index contributed by atoms with van der Waals surface area (Å²) in [5, 5.41) is 11.0. The Labute approximate surface area is 198 Å². The second-order valence-electron chi connectivity index (χ2n) is 7.69. The Morgan fingerprint density at radius 3 is 2.14 bits per heavy atom. The fourth-order valence-electron chi connectivity index (χ4n) is 3.53. The van der Waals surface area contributed by atoms with Gasteiger partial charge in [0.15, 0.2) is 5.76 Å². The number of piperazine rings is 1. The van der Waals surface area contributed by atoms with Gasteiger partial charge in [-0.2, -0.15) is 13.2 Å². The third-order valence-corrected chi connectivity index (χ3v) is 5.36. The van der Waals surface area contributed by atoms with E-state index in [1.54, 1.807) is 18.3 Å². The minimum atomic E-state index is -5.08. The molecule has 1 aromatic heterocycles. The Kier molecular flexibility index (Phi) is 8.45. The number of anilines is 1. The zero-order chi connectivity index (χ0) is 25.4. The van der Waals surface area contributed by atoms with Crippen molar-refractivity contribution in [1.29, 1.82) is 0 Å². The normalized spacial score (nSPS) is 13.7. The van der Waals surface area contributed by atoms with Gasteiger partial charge < -0.3 is 19.4 Å². The fourth-order valence-corrected chi connectivity index (χ4v) is 3.53. The number of rotatable bonds is 5. The highest BCUT2D eigenvalue weighted by Crippen LogP contribution is 2.25. The van der Waals surface area contributed by atoms with Crippen LogP contribution < -0.4 is 4.90 Å². The van der Waals surface area contributed by atoms with Gasteiger partial charge in [0.1, 0.15) is 5.82 Å². The van der Waals surface area contributed by atoms with Crippen LogP contribution in [0.2, 0.25) is 0 Å². The molecule has 0 aliphatic carbocycles. The Balaban J connectivity index is 0.000000429. The predicted molar refractivity (Wildman–Crippen MR) is 119 cm³/mol. The number of aliphatic carboxylic acids is 1. The van der Waals surface area contributed by atoms with Crippen LogP contribution >= 0.6 is 0 Å². The predicted octanol–water partition coefficient (Wildman–Crippen LogP) is 4.40. The number of carboxylic acids is 1. The number of para-hydroxylation sites is 1. The van der Waals surface area contributed by atoms with Crippen molar-refractivity contribution in [2.45, 2.75) is 19.0 Å². The van der Waals surface area contributed by atoms with Gasteiger partial charge in [-0.15, -0.1) is 0 Å². The van der Waals surface area contributed by atoms with E-state index < -0.39 is 12.1 Å². The van der Waals surface area contributed by atoms with Crippen LogP contribution in [0.15, 0.2) is 65.3 Å². The second-order valence-corrected chi connectivity index (χ2v) is 7.69. The topological polar surface area (TPSA) is 86.9 Å². The summed E-state index contributed by atoms with van der Waals surface area (Å²) in [4.78, 5) is 25.8. The molecule has 1 aliphatic rings. The van der Waals surface area contributed by atoms with Crippen LogP contribution in [-0.4, -0.2) is 59.4 Å². The van der Waals surface area contributed by atoms with Crippen molar-refractivity contribution in [2.24, 2.45) is 0 Å². The fraction of sp³-hybridized carbons (Fsp3) is 0.292. The first-order valence-electron chi connectivity index (χ1n) is 10.7. The SMILES string of the molecule is O=C(CCc1cnoc1-c1ccc(F)cc1)N1CCN(c2ccccc2)CC1.O=C(O)C(F)(F)F. The van der Waals surface area contributed by atoms with E-state index >= 15 is 0 Å². The van der Waals surface area contributed by atoms with Crippen LogP contribution in [-0.2, 0) is 16.0 Å². The lowest BCUT2D eigenvalue weighted by molar-refractivity contribution is -0.192. The number of carboxylic acid groups (broad SMARTS) is 1. The monoisotopic (exact) mass is 493 g/mol. The summed E-state index contributed by atoms with van der Waals surface area (Å²) in [6, 6.07) is 16.4. The van der Waals surface area contributed by atoms with Gasteiger partial charge in [0.2, 0.25) is 5.91 Å². The lowest BCUT2D eigenvalue weighted by Crippen LogP contribution is -2.48. The minimum absolute atomic E-state index is 0.138. The molecule has 1 aliphatic heterocycles. The van der Waals surface area contributed by atoms with Gasteiger partial charge in [0.05, 0.1) is 6.20 Å². The maximum atomic E-state index is 13.1. The molecule has 0 bridgehead atoms. The summed E-state index contributed by atoms with van der Waals surface area (Å²) in [7, 11) is 0. The number of benzene rings is 2. The average molecular weight is 493 g/mol. The van der Waals surface area contributed by atoms with Gasteiger partial charge in [0.25, 0.3) is 0 Å². The molecule has 2 aromatic carbocycles. The van der Waals surface area contributed by atoms with Crippen molar-refractivity contribution >= 4 is 17.6 Å². The molecule has 3 aromatic rings. The Hall–Kier alpha value is -3.89. The van der Waals surface area contributed by atoms with Crippen LogP contribution in [0.5, 0.6) is 0 Å². The lowest BCUT2D eigenvalue weighted by atomic mass is 10.0. The van der Waals surface area contributed by atoms with Gasteiger partial charge in [-0.1, -0.05) is 23.4 Å². The number of nitrogens with zero attached hydrogens (tertiary/aromatic N) is 3. The van der Waals surface area contributed by atoms with Crippen molar-refractivity contribution in [3.63, 3.8) is 0 Å². The molecule has 11 heteroatoms. The average Bonchev–Trinajstić information content (AvgIpc) is 3.32. The van der Waals surface area contributed by atoms with Crippen molar-refractivity contribution in [2.75, 3.05) is 31.1 Å². The minimum Gasteiger partial charge on any atom is -0.475 e. The van der Waals surface area contributed by atoms with E-state index in [0.717, 1.165) is 37.3 Å². The van der Waals surface area contributed by atoms with Crippen LogP contribution in [0.1, 0.15) is 12.0 Å². The molecule has 0 atom stereocenters. The number of carbonyl (C=O) groups excluding carboxylic acids is 1. The molecule has 1 amide bonds. The van der Waals surface area contributed by atoms with E-state index in [1.165, 1.54) is 17.8 Å². The third-order valence-electron chi connectivity index (χ3n) is 5.36. The number of alkyl halides is 3. The van der Waals surface area contributed by atoms with Gasteiger partial charge >= 0.3 is 12.1 Å². The summed E-state index contributed by atoms with van der Waals surface area (Å²) < 4.78 is 50.2. The largest absolute Gasteiger partial charge is 0.490 e. The van der Waals surface area contributed by atoms with Crippen molar-refractivity contribution in [1.82, 2.24) is 10.1 Å². The van der Waals surface area contributed by atoms with Crippen LogP contribution in [0.3, 0.4) is 0 Å². The van der Waals surface area contributed by atoms with E-state index in [4.69, 9.17) is 14.4 Å². The summed E-state index contributed by atoms with van der Waals surface area (Å²) in [5.74, 6) is -2.32. The molecular weight excluding hydrogens is 470 g/mol. The number of halogens is 4. The third kappa shape index (κ3) is 7.29. The molecule has 7 nitrogen and oxygen atoms in total. The molecule has 2 heterocycles. The number of aryl methyl sites for hydroxylation is 1. The quantitative estimate of drug-likeness (QED) is 0.531. The molecule has 4 rings (SSSR count).